The highest BCUT2D eigenvalue weighted by Crippen LogP contribution is 2.28. The van der Waals surface area contributed by atoms with Gasteiger partial charge in [-0.15, -0.1) is 15.6 Å². The highest BCUT2D eigenvalue weighted by Gasteiger charge is 1.97. The molecule has 0 fully saturated rings. The van der Waals surface area contributed by atoms with Crippen LogP contribution in [0.2, 0.25) is 0 Å². The second-order valence-corrected chi connectivity index (χ2v) is 2.82. The zero-order valence-electron chi connectivity index (χ0n) is 3.46. The van der Waals surface area contributed by atoms with Gasteiger partial charge < -0.3 is 0 Å². The van der Waals surface area contributed by atoms with E-state index in [2.05, 4.69) is 15.9 Å². The molecule has 0 aromatic rings. The van der Waals surface area contributed by atoms with E-state index in [-0.39, 0.29) is 11.1 Å². The lowest BCUT2D eigenvalue weighted by atomic mass is 10.8. The van der Waals surface area contributed by atoms with Crippen molar-refractivity contribution in [3.8, 4) is 0 Å². The van der Waals surface area contributed by atoms with Crippen molar-refractivity contribution in [2.75, 3.05) is 12.3 Å². The Labute approximate surface area is 40.1 Å². The Morgan fingerprint density at radius 1 is 1.67 bits per heavy atom. The number of hydrogen-bond donors (Lipinski definition) is 1. The molecule has 0 aromatic heterocycles. The van der Waals surface area contributed by atoms with Gasteiger partial charge in [-0.1, -0.05) is 0 Å². The van der Waals surface area contributed by atoms with Crippen LogP contribution in [-0.4, -0.2) is 12.3 Å². The zero-order valence-corrected chi connectivity index (χ0v) is 4.36. The van der Waals surface area contributed by atoms with Crippen molar-refractivity contribution in [2.45, 2.75) is 0 Å². The predicted molar refractivity (Wildman–Crippen MR) is 28.9 cm³/mol. The maximum atomic E-state index is 3.81. The minimum Gasteiger partial charge on any atom is -0.183 e. The fourth-order valence-corrected chi connectivity index (χ4v) is 1.02. The summed E-state index contributed by atoms with van der Waals surface area (Å²) in [5.41, 5.74) is 0. The maximum Gasteiger partial charge on any atom is 0.0699 e. The molecule has 0 saturated carbocycles. The highest BCUT2D eigenvalue weighted by atomic mass is 32.2. The SMILES string of the molecule is [CH2][SH]1CCN=N1. The molecule has 0 saturated heterocycles. The minimum atomic E-state index is -0.257. The highest BCUT2D eigenvalue weighted by molar-refractivity contribution is 8.16. The van der Waals surface area contributed by atoms with Crippen LogP contribution in [-0.2, 0) is 0 Å². The van der Waals surface area contributed by atoms with Crippen LogP contribution < -0.4 is 0 Å². The Kier molecular flexibility index (Phi) is 1.10. The van der Waals surface area contributed by atoms with E-state index in [4.69, 9.17) is 0 Å². The Morgan fingerprint density at radius 3 is 2.67 bits per heavy atom. The van der Waals surface area contributed by atoms with E-state index in [0.29, 0.717) is 0 Å². The summed E-state index contributed by atoms with van der Waals surface area (Å²) in [6, 6.07) is 0. The van der Waals surface area contributed by atoms with E-state index < -0.39 is 0 Å². The van der Waals surface area contributed by atoms with Gasteiger partial charge in [-0.2, -0.15) is 5.11 Å². The third kappa shape index (κ3) is 0.712. The van der Waals surface area contributed by atoms with E-state index in [1.807, 2.05) is 0 Å². The summed E-state index contributed by atoms with van der Waals surface area (Å²) >= 11 is -0.257. The van der Waals surface area contributed by atoms with Gasteiger partial charge in [0.15, 0.2) is 0 Å². The van der Waals surface area contributed by atoms with Gasteiger partial charge in [0.25, 0.3) is 0 Å². The van der Waals surface area contributed by atoms with Crippen molar-refractivity contribution in [1.29, 1.82) is 0 Å². The molecule has 1 aliphatic rings. The molecular weight excluding hydrogens is 96.1 g/mol. The first kappa shape index (κ1) is 4.12. The van der Waals surface area contributed by atoms with E-state index >= 15 is 0 Å². The summed E-state index contributed by atoms with van der Waals surface area (Å²) in [6.07, 6.45) is 3.74. The van der Waals surface area contributed by atoms with E-state index in [9.17, 15) is 0 Å². The van der Waals surface area contributed by atoms with Gasteiger partial charge in [0.05, 0.1) is 6.54 Å². The Bertz CT molecular complexity index is 71.2. The lowest BCUT2D eigenvalue weighted by Gasteiger charge is -1.92. The van der Waals surface area contributed by atoms with Gasteiger partial charge >= 0.3 is 0 Å². The van der Waals surface area contributed by atoms with Gasteiger partial charge in [0.2, 0.25) is 0 Å². The molecule has 0 amide bonds. The number of thiol groups is 1. The molecule has 1 radical (unpaired) electrons. The van der Waals surface area contributed by atoms with Crippen molar-refractivity contribution in [1.82, 2.24) is 0 Å². The molecule has 1 aliphatic heterocycles. The van der Waals surface area contributed by atoms with Crippen LogP contribution in [0.3, 0.4) is 0 Å². The largest absolute Gasteiger partial charge is 0.183 e. The van der Waals surface area contributed by atoms with Crippen molar-refractivity contribution in [3.05, 3.63) is 6.26 Å². The molecule has 0 spiro atoms. The van der Waals surface area contributed by atoms with Crippen molar-refractivity contribution < 1.29 is 0 Å². The average molecular weight is 103 g/mol. The van der Waals surface area contributed by atoms with E-state index in [1.54, 1.807) is 0 Å². The second kappa shape index (κ2) is 1.60. The minimum absolute atomic E-state index is 0.257. The molecule has 1 rings (SSSR count). The third-order valence-electron chi connectivity index (χ3n) is 0.648. The molecule has 0 aromatic carbocycles. The molecule has 3 heteroatoms. The summed E-state index contributed by atoms with van der Waals surface area (Å²) in [5.74, 6) is 1.11. The fraction of sp³-hybridized carbons (Fsp3) is 0.667. The lowest BCUT2D eigenvalue weighted by molar-refractivity contribution is 1.10. The quantitative estimate of drug-likeness (QED) is 0.445. The summed E-state index contributed by atoms with van der Waals surface area (Å²) in [7, 11) is 0. The van der Waals surface area contributed by atoms with Gasteiger partial charge in [0, 0.05) is 12.0 Å². The summed E-state index contributed by atoms with van der Waals surface area (Å²) < 4.78 is 3.81. The molecule has 0 aliphatic carbocycles. The Hall–Kier alpha value is -0.0500. The first-order valence-electron chi connectivity index (χ1n) is 1.85. The van der Waals surface area contributed by atoms with Gasteiger partial charge in [0.1, 0.15) is 0 Å². The maximum absolute atomic E-state index is 3.81. The predicted octanol–water partition coefficient (Wildman–Crippen LogP) is 1.16. The van der Waals surface area contributed by atoms with Gasteiger partial charge in [-0.3, -0.25) is 0 Å². The average Bonchev–Trinajstić information content (AvgIpc) is 1.86. The normalized spacial score (nSPS) is 37.8. The van der Waals surface area contributed by atoms with E-state index in [1.165, 1.54) is 0 Å². The number of nitrogens with zero attached hydrogens (tertiary/aromatic N) is 2. The van der Waals surface area contributed by atoms with Crippen molar-refractivity contribution in [3.63, 3.8) is 0 Å². The molecule has 0 N–H and O–H groups in total. The van der Waals surface area contributed by atoms with Crippen LogP contribution in [0.25, 0.3) is 0 Å². The van der Waals surface area contributed by atoms with E-state index in [0.717, 1.165) is 12.3 Å². The number of rotatable bonds is 0. The van der Waals surface area contributed by atoms with Gasteiger partial charge in [-0.05, 0) is 0 Å². The van der Waals surface area contributed by atoms with Crippen molar-refractivity contribution >= 4 is 11.1 Å². The molecule has 6 heavy (non-hydrogen) atoms. The van der Waals surface area contributed by atoms with Crippen LogP contribution in [0.5, 0.6) is 0 Å². The summed E-state index contributed by atoms with van der Waals surface area (Å²) in [4.78, 5) is 0. The molecule has 35 valence electrons. The van der Waals surface area contributed by atoms with Crippen LogP contribution in [0.4, 0.5) is 0 Å². The third-order valence-corrected chi connectivity index (χ3v) is 1.74. The zero-order chi connectivity index (χ0) is 4.41. The molecule has 1 atom stereocenters. The van der Waals surface area contributed by atoms with Crippen molar-refractivity contribution in [2.24, 2.45) is 9.63 Å². The number of hydrogen-bond acceptors (Lipinski definition) is 2. The second-order valence-electron chi connectivity index (χ2n) is 1.18. The monoisotopic (exact) mass is 103 g/mol. The Balaban J connectivity index is 2.38. The first-order valence-corrected chi connectivity index (χ1v) is 3.51. The molecule has 1 heterocycles. The summed E-state index contributed by atoms with van der Waals surface area (Å²) in [5, 5.41) is 3.76. The fourth-order valence-electron chi connectivity index (χ4n) is 0.339. The smallest absolute Gasteiger partial charge is 0.0699 e. The summed E-state index contributed by atoms with van der Waals surface area (Å²) in [6.45, 7) is 0.912. The van der Waals surface area contributed by atoms with Crippen LogP contribution >= 0.6 is 11.1 Å². The molecular formula is C3H7N2S. The van der Waals surface area contributed by atoms with Gasteiger partial charge in [-0.25, -0.2) is 0 Å². The standard InChI is InChI=1S/C3H7N2S/c1-6-3-2-4-5-6/h6H,1-3H2. The first-order chi connectivity index (χ1) is 2.89. The topological polar surface area (TPSA) is 24.7 Å². The lowest BCUT2D eigenvalue weighted by Crippen LogP contribution is -1.75. The molecule has 1 unspecified atom stereocenters. The van der Waals surface area contributed by atoms with Crippen LogP contribution in [0.15, 0.2) is 9.63 Å². The Morgan fingerprint density at radius 2 is 2.50 bits per heavy atom. The molecule has 0 bridgehead atoms. The van der Waals surface area contributed by atoms with Crippen LogP contribution in [0, 0.1) is 6.26 Å². The van der Waals surface area contributed by atoms with Crippen LogP contribution in [0.1, 0.15) is 0 Å². The molecule has 2 nitrogen and oxygen atoms in total.